The number of nitrogens with two attached hydrogens (primary N) is 1. The van der Waals surface area contributed by atoms with E-state index >= 15 is 0 Å². The van der Waals surface area contributed by atoms with Gasteiger partial charge in [-0.25, -0.2) is 0 Å². The topological polar surface area (TPSA) is 52.0 Å². The van der Waals surface area contributed by atoms with E-state index in [9.17, 15) is 0 Å². The van der Waals surface area contributed by atoms with Crippen molar-refractivity contribution in [3.05, 3.63) is 29.5 Å². The summed E-state index contributed by atoms with van der Waals surface area (Å²) in [6.45, 7) is 4.66. The van der Waals surface area contributed by atoms with Gasteiger partial charge in [0.15, 0.2) is 5.58 Å². The van der Waals surface area contributed by atoms with Crippen molar-refractivity contribution in [2.24, 2.45) is 5.73 Å². The molecule has 0 bridgehead atoms. The third kappa shape index (κ3) is 1.30. The Hall–Kier alpha value is -1.35. The summed E-state index contributed by atoms with van der Waals surface area (Å²) >= 11 is 0. The maximum Gasteiger partial charge on any atom is 0.170 e. The Bertz CT molecular complexity index is 447. The molecule has 0 radical (unpaired) electrons. The van der Waals surface area contributed by atoms with Gasteiger partial charge in [-0.3, -0.25) is 0 Å². The molecule has 14 heavy (non-hydrogen) atoms. The van der Waals surface area contributed by atoms with Crippen LogP contribution < -0.4 is 5.73 Å². The molecule has 0 aliphatic carbocycles. The third-order valence-corrected chi connectivity index (χ3v) is 2.59. The first-order valence-electron chi connectivity index (χ1n) is 4.79. The van der Waals surface area contributed by atoms with Gasteiger partial charge in [-0.1, -0.05) is 24.2 Å². The highest BCUT2D eigenvalue weighted by molar-refractivity contribution is 5.82. The molecule has 3 nitrogen and oxygen atoms in total. The molecule has 0 spiro atoms. The largest absolute Gasteiger partial charge is 0.356 e. The van der Waals surface area contributed by atoms with E-state index in [0.29, 0.717) is 12.5 Å². The molecule has 3 heteroatoms. The average Bonchev–Trinajstić information content (AvgIpc) is 2.59. The quantitative estimate of drug-likeness (QED) is 0.789. The first-order chi connectivity index (χ1) is 6.74. The van der Waals surface area contributed by atoms with Gasteiger partial charge in [0.1, 0.15) is 0 Å². The maximum atomic E-state index is 5.64. The Morgan fingerprint density at radius 3 is 3.00 bits per heavy atom. The van der Waals surface area contributed by atoms with E-state index in [4.69, 9.17) is 10.3 Å². The minimum atomic E-state index is 0.311. The van der Waals surface area contributed by atoms with Crippen LogP contribution in [0, 0.1) is 6.92 Å². The van der Waals surface area contributed by atoms with E-state index in [1.54, 1.807) is 0 Å². The predicted molar refractivity (Wildman–Crippen MR) is 56.2 cm³/mol. The van der Waals surface area contributed by atoms with Gasteiger partial charge in [-0.15, -0.1) is 0 Å². The lowest BCUT2D eigenvalue weighted by atomic mass is 9.99. The number of aryl methyl sites for hydroxylation is 1. The van der Waals surface area contributed by atoms with Gasteiger partial charge in [0.25, 0.3) is 0 Å². The van der Waals surface area contributed by atoms with Gasteiger partial charge in [-0.05, 0) is 25.5 Å². The molecule has 74 valence electrons. The molecule has 1 aromatic heterocycles. The first-order valence-corrected chi connectivity index (χ1v) is 4.79. The van der Waals surface area contributed by atoms with Crippen molar-refractivity contribution in [3.8, 4) is 0 Å². The molecule has 0 aliphatic heterocycles. The Kier molecular flexibility index (Phi) is 2.25. The highest BCUT2D eigenvalue weighted by atomic mass is 16.5. The summed E-state index contributed by atoms with van der Waals surface area (Å²) in [4.78, 5) is 0. The number of rotatable bonds is 2. The first kappa shape index (κ1) is 9.21. The van der Waals surface area contributed by atoms with Gasteiger partial charge in [0, 0.05) is 10.9 Å². The minimum Gasteiger partial charge on any atom is -0.356 e. The molecular formula is C11H14N2O. The monoisotopic (exact) mass is 190 g/mol. The summed E-state index contributed by atoms with van der Waals surface area (Å²) in [5.41, 5.74) is 8.60. The van der Waals surface area contributed by atoms with Crippen LogP contribution in [0.25, 0.3) is 11.0 Å². The summed E-state index contributed by atoms with van der Waals surface area (Å²) in [6.07, 6.45) is 0. The molecule has 0 fully saturated rings. The van der Waals surface area contributed by atoms with Crippen LogP contribution >= 0.6 is 0 Å². The predicted octanol–water partition coefficient (Wildman–Crippen LogP) is 2.20. The third-order valence-electron chi connectivity index (χ3n) is 2.59. The van der Waals surface area contributed by atoms with Crippen LogP contribution in [0.3, 0.4) is 0 Å². The number of hydrogen-bond acceptors (Lipinski definition) is 3. The Balaban J connectivity index is 2.65. The van der Waals surface area contributed by atoms with E-state index in [2.05, 4.69) is 12.1 Å². The molecule has 2 rings (SSSR count). The number of hydrogen-bond donors (Lipinski definition) is 1. The molecule has 2 N–H and O–H groups in total. The van der Waals surface area contributed by atoms with Crippen LogP contribution in [0.15, 0.2) is 22.7 Å². The van der Waals surface area contributed by atoms with Crippen molar-refractivity contribution < 1.29 is 4.52 Å². The van der Waals surface area contributed by atoms with E-state index in [1.165, 1.54) is 0 Å². The van der Waals surface area contributed by atoms with Crippen LogP contribution in [0.1, 0.15) is 24.1 Å². The fourth-order valence-electron chi connectivity index (χ4n) is 1.62. The summed E-state index contributed by atoms with van der Waals surface area (Å²) in [6, 6.07) is 6.09. The zero-order valence-electron chi connectivity index (χ0n) is 8.45. The number of fused-ring (bicyclic) bond motifs is 1. The lowest BCUT2D eigenvalue weighted by Crippen LogP contribution is -2.08. The molecule has 1 heterocycles. The molecule has 1 unspecified atom stereocenters. The Morgan fingerprint density at radius 1 is 1.50 bits per heavy atom. The van der Waals surface area contributed by atoms with E-state index < -0.39 is 0 Å². The molecule has 0 amide bonds. The number of para-hydroxylation sites is 1. The average molecular weight is 190 g/mol. The summed E-state index contributed by atoms with van der Waals surface area (Å²) in [5.74, 6) is 0.311. The van der Waals surface area contributed by atoms with Crippen molar-refractivity contribution in [2.75, 3.05) is 6.54 Å². The maximum absolute atomic E-state index is 5.64. The van der Waals surface area contributed by atoms with Crippen LogP contribution in [-0.4, -0.2) is 11.7 Å². The molecule has 1 aromatic carbocycles. The minimum absolute atomic E-state index is 0.311. The van der Waals surface area contributed by atoms with Gasteiger partial charge in [0.05, 0.1) is 5.69 Å². The molecule has 0 saturated heterocycles. The standard InChI is InChI=1S/C11H14N2O/c1-7(6-12)9-4-3-5-10-8(2)13-14-11(9)10/h3-5,7H,6,12H2,1-2H3. The molecule has 2 aromatic rings. The SMILES string of the molecule is Cc1noc2c(C(C)CN)cccc12. The van der Waals surface area contributed by atoms with Crippen LogP contribution in [-0.2, 0) is 0 Å². The Labute approximate surface area is 82.9 Å². The highest BCUT2D eigenvalue weighted by Gasteiger charge is 2.12. The zero-order valence-corrected chi connectivity index (χ0v) is 8.45. The van der Waals surface area contributed by atoms with Gasteiger partial charge < -0.3 is 10.3 Å². The smallest absolute Gasteiger partial charge is 0.170 e. The van der Waals surface area contributed by atoms with Crippen LogP contribution in [0.5, 0.6) is 0 Å². The highest BCUT2D eigenvalue weighted by Crippen LogP contribution is 2.26. The lowest BCUT2D eigenvalue weighted by Gasteiger charge is -2.07. The molecule has 0 aliphatic rings. The molecule has 1 atom stereocenters. The van der Waals surface area contributed by atoms with Crippen LogP contribution in [0.4, 0.5) is 0 Å². The summed E-state index contributed by atoms with van der Waals surface area (Å²) in [5, 5.41) is 5.04. The second-order valence-corrected chi connectivity index (χ2v) is 3.63. The van der Waals surface area contributed by atoms with Crippen molar-refractivity contribution in [2.45, 2.75) is 19.8 Å². The van der Waals surface area contributed by atoms with Gasteiger partial charge in [-0.2, -0.15) is 0 Å². The van der Waals surface area contributed by atoms with E-state index in [0.717, 1.165) is 22.2 Å². The molecular weight excluding hydrogens is 176 g/mol. The van der Waals surface area contributed by atoms with E-state index in [-0.39, 0.29) is 0 Å². The van der Waals surface area contributed by atoms with E-state index in [1.807, 2.05) is 25.1 Å². The summed E-state index contributed by atoms with van der Waals surface area (Å²) in [7, 11) is 0. The van der Waals surface area contributed by atoms with Gasteiger partial charge in [0.2, 0.25) is 0 Å². The van der Waals surface area contributed by atoms with Crippen molar-refractivity contribution >= 4 is 11.0 Å². The molecule has 0 saturated carbocycles. The fraction of sp³-hybridized carbons (Fsp3) is 0.364. The zero-order chi connectivity index (χ0) is 10.1. The van der Waals surface area contributed by atoms with Crippen molar-refractivity contribution in [1.29, 1.82) is 0 Å². The van der Waals surface area contributed by atoms with Crippen molar-refractivity contribution in [3.63, 3.8) is 0 Å². The van der Waals surface area contributed by atoms with Crippen molar-refractivity contribution in [1.82, 2.24) is 5.16 Å². The van der Waals surface area contributed by atoms with Gasteiger partial charge >= 0.3 is 0 Å². The fourth-order valence-corrected chi connectivity index (χ4v) is 1.62. The normalized spacial score (nSPS) is 13.4. The number of benzene rings is 1. The lowest BCUT2D eigenvalue weighted by molar-refractivity contribution is 0.446. The second-order valence-electron chi connectivity index (χ2n) is 3.63. The summed E-state index contributed by atoms with van der Waals surface area (Å²) < 4.78 is 5.30. The Morgan fingerprint density at radius 2 is 2.29 bits per heavy atom. The number of nitrogens with zero attached hydrogens (tertiary/aromatic N) is 1. The van der Waals surface area contributed by atoms with Crippen LogP contribution in [0.2, 0.25) is 0 Å². The number of aromatic nitrogens is 1. The second kappa shape index (κ2) is 3.42.